The molecule has 0 unspecified atom stereocenters. The lowest BCUT2D eigenvalue weighted by Gasteiger charge is -2.08. The molecule has 2 aromatic carbocycles. The summed E-state index contributed by atoms with van der Waals surface area (Å²) in [5.74, 6) is -0.620. The van der Waals surface area contributed by atoms with Gasteiger partial charge >= 0.3 is 5.97 Å². The number of nitrogens with one attached hydrogen (secondary N) is 1. The molecule has 0 aliphatic rings. The molecule has 0 bridgehead atoms. The lowest BCUT2D eigenvalue weighted by atomic mass is 10.0. The monoisotopic (exact) mass is 389 g/mol. The Morgan fingerprint density at radius 2 is 1.52 bits per heavy atom. The van der Waals surface area contributed by atoms with Gasteiger partial charge in [-0.1, -0.05) is 45.0 Å². The van der Waals surface area contributed by atoms with Crippen molar-refractivity contribution in [2.45, 2.75) is 31.6 Å². The number of rotatable bonds is 8. The molecule has 0 atom stereocenters. The van der Waals surface area contributed by atoms with Crippen LogP contribution in [-0.4, -0.2) is 33.3 Å². The maximum absolute atomic E-state index is 12.2. The predicted octanol–water partition coefficient (Wildman–Crippen LogP) is 3.15. The summed E-state index contributed by atoms with van der Waals surface area (Å²) in [6.07, 6.45) is 0. The summed E-state index contributed by atoms with van der Waals surface area (Å²) in [6.45, 7) is 5.70. The molecule has 6 nitrogen and oxygen atoms in total. The Kier molecular flexibility index (Phi) is 6.87. The molecule has 0 saturated heterocycles. The number of ketones is 1. The third-order valence-corrected chi connectivity index (χ3v) is 5.53. The highest BCUT2D eigenvalue weighted by atomic mass is 32.2. The van der Waals surface area contributed by atoms with Gasteiger partial charge in [-0.3, -0.25) is 4.79 Å². The number of sulfonamides is 1. The lowest BCUT2D eigenvalue weighted by molar-refractivity contribution is 0.0474. The first-order valence-electron chi connectivity index (χ1n) is 8.64. The highest BCUT2D eigenvalue weighted by Gasteiger charge is 2.15. The van der Waals surface area contributed by atoms with Crippen molar-refractivity contribution >= 4 is 21.8 Å². The van der Waals surface area contributed by atoms with Crippen molar-refractivity contribution in [3.05, 3.63) is 65.2 Å². The number of hydrogen-bond acceptors (Lipinski definition) is 5. The minimum absolute atomic E-state index is 0.0576. The van der Waals surface area contributed by atoms with Crippen LogP contribution in [-0.2, 0) is 14.8 Å². The van der Waals surface area contributed by atoms with Crippen molar-refractivity contribution in [3.63, 3.8) is 0 Å². The number of Topliss-reactive ketones (excluding diaryl/α,β-unsaturated/α-hetero) is 1. The van der Waals surface area contributed by atoms with Crippen LogP contribution in [0.25, 0.3) is 0 Å². The topological polar surface area (TPSA) is 89.5 Å². The lowest BCUT2D eigenvalue weighted by Crippen LogP contribution is -2.23. The van der Waals surface area contributed by atoms with E-state index in [4.69, 9.17) is 4.74 Å². The zero-order valence-corrected chi connectivity index (χ0v) is 16.4. The molecule has 0 heterocycles. The molecular formula is C20H23NO5S. The van der Waals surface area contributed by atoms with Gasteiger partial charge in [0.1, 0.15) is 0 Å². The second kappa shape index (κ2) is 8.92. The summed E-state index contributed by atoms with van der Waals surface area (Å²) >= 11 is 0. The van der Waals surface area contributed by atoms with Crippen molar-refractivity contribution < 1.29 is 22.7 Å². The Hall–Kier alpha value is -2.51. The number of hydrogen-bond donors (Lipinski definition) is 1. The Balaban J connectivity index is 1.98. The fraction of sp³-hybridized carbons (Fsp3) is 0.300. The van der Waals surface area contributed by atoms with Crippen LogP contribution in [0.3, 0.4) is 0 Å². The van der Waals surface area contributed by atoms with E-state index in [1.165, 1.54) is 24.3 Å². The highest BCUT2D eigenvalue weighted by Crippen LogP contribution is 2.15. The van der Waals surface area contributed by atoms with Crippen molar-refractivity contribution in [3.8, 4) is 0 Å². The molecule has 0 aliphatic carbocycles. The third-order valence-electron chi connectivity index (χ3n) is 3.97. The molecule has 0 spiro atoms. The van der Waals surface area contributed by atoms with E-state index in [2.05, 4.69) is 18.6 Å². The molecule has 144 valence electrons. The molecule has 2 aromatic rings. The van der Waals surface area contributed by atoms with Gasteiger partial charge in [-0.2, -0.15) is 0 Å². The Morgan fingerprint density at radius 1 is 0.963 bits per heavy atom. The zero-order chi connectivity index (χ0) is 20.0. The Morgan fingerprint density at radius 3 is 2.04 bits per heavy atom. The van der Waals surface area contributed by atoms with Gasteiger partial charge in [-0.25, -0.2) is 17.9 Å². The maximum atomic E-state index is 12.2. The summed E-state index contributed by atoms with van der Waals surface area (Å²) < 4.78 is 31.2. The molecular weight excluding hydrogens is 366 g/mol. The molecule has 1 N–H and O–H groups in total. The molecule has 0 aliphatic heterocycles. The van der Waals surface area contributed by atoms with Crippen LogP contribution in [0.1, 0.15) is 53.0 Å². The summed E-state index contributed by atoms with van der Waals surface area (Å²) in [4.78, 5) is 24.3. The molecule has 0 aromatic heterocycles. The smallest absolute Gasteiger partial charge is 0.338 e. The van der Waals surface area contributed by atoms with E-state index in [-0.39, 0.29) is 29.4 Å². The molecule has 0 radical (unpaired) electrons. The minimum atomic E-state index is -3.58. The van der Waals surface area contributed by atoms with Gasteiger partial charge in [0.25, 0.3) is 0 Å². The summed E-state index contributed by atoms with van der Waals surface area (Å²) in [7, 11) is -3.58. The molecule has 0 fully saturated rings. The summed E-state index contributed by atoms with van der Waals surface area (Å²) in [5, 5.41) is 0. The molecule has 27 heavy (non-hydrogen) atoms. The van der Waals surface area contributed by atoms with E-state index in [0.29, 0.717) is 11.5 Å². The number of carbonyl (C=O) groups excluding carboxylic acids is 2. The Bertz CT molecular complexity index is 900. The van der Waals surface area contributed by atoms with E-state index >= 15 is 0 Å². The first kappa shape index (κ1) is 20.8. The molecule has 0 amide bonds. The van der Waals surface area contributed by atoms with Gasteiger partial charge in [0.15, 0.2) is 12.4 Å². The summed E-state index contributed by atoms with van der Waals surface area (Å²) in [6, 6.07) is 12.5. The fourth-order valence-corrected chi connectivity index (χ4v) is 3.44. The van der Waals surface area contributed by atoms with Crippen LogP contribution in [0.5, 0.6) is 0 Å². The number of esters is 1. The average molecular weight is 389 g/mol. The normalized spacial score (nSPS) is 11.4. The van der Waals surface area contributed by atoms with E-state index in [1.807, 2.05) is 12.1 Å². The first-order valence-corrected chi connectivity index (χ1v) is 10.1. The van der Waals surface area contributed by atoms with Gasteiger partial charge in [-0.15, -0.1) is 0 Å². The predicted molar refractivity (Wildman–Crippen MR) is 102 cm³/mol. The quantitative estimate of drug-likeness (QED) is 0.553. The van der Waals surface area contributed by atoms with E-state index in [9.17, 15) is 18.0 Å². The van der Waals surface area contributed by atoms with Crippen molar-refractivity contribution in [2.24, 2.45) is 0 Å². The first-order chi connectivity index (χ1) is 12.7. The summed E-state index contributed by atoms with van der Waals surface area (Å²) in [5.41, 5.74) is 1.77. The highest BCUT2D eigenvalue weighted by molar-refractivity contribution is 7.89. The largest absolute Gasteiger partial charge is 0.454 e. The number of benzene rings is 2. The van der Waals surface area contributed by atoms with Crippen molar-refractivity contribution in [1.82, 2.24) is 4.72 Å². The molecule has 2 rings (SSSR count). The van der Waals surface area contributed by atoms with Crippen LogP contribution >= 0.6 is 0 Å². The SMILES string of the molecule is CCNS(=O)(=O)c1ccc(C(=O)OCC(=O)c2ccc(C(C)C)cc2)cc1. The van der Waals surface area contributed by atoms with Crippen molar-refractivity contribution in [2.75, 3.05) is 13.2 Å². The maximum Gasteiger partial charge on any atom is 0.338 e. The van der Waals surface area contributed by atoms with Crippen molar-refractivity contribution in [1.29, 1.82) is 0 Å². The molecule has 7 heteroatoms. The van der Waals surface area contributed by atoms with Gasteiger partial charge < -0.3 is 4.74 Å². The van der Waals surface area contributed by atoms with Crippen LogP contribution in [0.15, 0.2) is 53.4 Å². The van der Waals surface area contributed by atoms with Crippen LogP contribution < -0.4 is 4.72 Å². The molecule has 0 saturated carbocycles. The van der Waals surface area contributed by atoms with Gasteiger partial charge in [0.2, 0.25) is 10.0 Å². The fourth-order valence-electron chi connectivity index (χ4n) is 2.40. The second-order valence-corrected chi connectivity index (χ2v) is 8.07. The van der Waals surface area contributed by atoms with Crippen LogP contribution in [0, 0.1) is 0 Å². The van der Waals surface area contributed by atoms with E-state index in [1.54, 1.807) is 19.1 Å². The third kappa shape index (κ3) is 5.48. The Labute approximate surface area is 159 Å². The van der Waals surface area contributed by atoms with Gasteiger partial charge in [0.05, 0.1) is 10.5 Å². The van der Waals surface area contributed by atoms with Crippen LogP contribution in [0.4, 0.5) is 0 Å². The second-order valence-electron chi connectivity index (χ2n) is 6.30. The van der Waals surface area contributed by atoms with Gasteiger partial charge in [0, 0.05) is 12.1 Å². The van der Waals surface area contributed by atoms with Gasteiger partial charge in [-0.05, 0) is 35.7 Å². The average Bonchev–Trinajstić information content (AvgIpc) is 2.66. The van der Waals surface area contributed by atoms with Crippen LogP contribution in [0.2, 0.25) is 0 Å². The van der Waals surface area contributed by atoms with E-state index in [0.717, 1.165) is 5.56 Å². The standard InChI is InChI=1S/C20H23NO5S/c1-4-21-27(24,25)18-11-9-17(10-12-18)20(23)26-13-19(22)16-7-5-15(6-8-16)14(2)3/h5-12,14,21H,4,13H2,1-3H3. The number of ether oxygens (including phenoxy) is 1. The van der Waals surface area contributed by atoms with E-state index < -0.39 is 16.0 Å². The minimum Gasteiger partial charge on any atom is -0.454 e. The zero-order valence-electron chi connectivity index (χ0n) is 15.6. The number of carbonyl (C=O) groups is 2.